The van der Waals surface area contributed by atoms with E-state index in [0.29, 0.717) is 12.8 Å². The minimum absolute atomic E-state index is 0.0475. The van der Waals surface area contributed by atoms with Gasteiger partial charge in [-0.05, 0) is 51.0 Å². The number of anilines is 1. The lowest BCUT2D eigenvalue weighted by atomic mass is 10.1. The van der Waals surface area contributed by atoms with Crippen LogP contribution in [-0.4, -0.2) is 37.0 Å². The third-order valence-corrected chi connectivity index (χ3v) is 6.94. The van der Waals surface area contributed by atoms with Gasteiger partial charge in [0, 0.05) is 24.2 Å². The summed E-state index contributed by atoms with van der Waals surface area (Å²) in [6.07, 6.45) is 0.388. The molecule has 0 radical (unpaired) electrons. The molecule has 1 aliphatic rings. The summed E-state index contributed by atoms with van der Waals surface area (Å²) >= 11 is 0. The van der Waals surface area contributed by atoms with Gasteiger partial charge in [0.05, 0.1) is 4.90 Å². The van der Waals surface area contributed by atoms with E-state index >= 15 is 0 Å². The van der Waals surface area contributed by atoms with Crippen LogP contribution in [0.15, 0.2) is 41.3 Å². The van der Waals surface area contributed by atoms with Gasteiger partial charge in [0.2, 0.25) is 15.9 Å². The molecule has 1 saturated heterocycles. The molecule has 0 aliphatic carbocycles. The predicted molar refractivity (Wildman–Crippen MR) is 107 cm³/mol. The molecule has 0 bridgehead atoms. The number of amides is 1. The maximum Gasteiger partial charge on any atom is 0.243 e. The van der Waals surface area contributed by atoms with Crippen molar-refractivity contribution in [3.63, 3.8) is 0 Å². The van der Waals surface area contributed by atoms with Gasteiger partial charge < -0.3 is 5.32 Å². The van der Waals surface area contributed by atoms with Crippen LogP contribution in [0.5, 0.6) is 0 Å². The summed E-state index contributed by atoms with van der Waals surface area (Å²) in [6, 6.07) is 7.35. The summed E-state index contributed by atoms with van der Waals surface area (Å²) in [5.74, 6) is -3.40. The van der Waals surface area contributed by atoms with Crippen molar-refractivity contribution in [3.05, 3.63) is 59.2 Å². The van der Waals surface area contributed by atoms with Crippen LogP contribution in [0.1, 0.15) is 30.9 Å². The Morgan fingerprint density at radius 1 is 1.13 bits per heavy atom. The number of sulfonamides is 1. The van der Waals surface area contributed by atoms with E-state index in [1.54, 1.807) is 12.1 Å². The number of Topliss-reactive ketones (excluding diaryl/α,β-unsaturated/α-hetero) is 1. The number of nitrogens with one attached hydrogen (secondary N) is 1. The number of hydrogen-bond donors (Lipinski definition) is 1. The maximum atomic E-state index is 14.2. The SMILES string of the molecule is CC(=O)Cc1c(NC(=O)[C@@H]2CCCN2S(=O)(=O)c2ccc(C)cc2)ccc(F)c1F. The lowest BCUT2D eigenvalue weighted by molar-refractivity contribution is -0.119. The number of ketones is 1. The zero-order valence-electron chi connectivity index (χ0n) is 16.6. The summed E-state index contributed by atoms with van der Waals surface area (Å²) < 4.78 is 54.9. The molecule has 1 amide bonds. The highest BCUT2D eigenvalue weighted by Crippen LogP contribution is 2.29. The molecular weight excluding hydrogens is 414 g/mol. The average Bonchev–Trinajstić information content (AvgIpc) is 3.18. The highest BCUT2D eigenvalue weighted by atomic mass is 32.2. The fraction of sp³-hybridized carbons (Fsp3) is 0.333. The van der Waals surface area contributed by atoms with Crippen LogP contribution in [0.4, 0.5) is 14.5 Å². The minimum Gasteiger partial charge on any atom is -0.324 e. The Balaban J connectivity index is 1.88. The van der Waals surface area contributed by atoms with E-state index in [1.807, 2.05) is 6.92 Å². The standard InChI is InChI=1S/C21H22F2N2O4S/c1-13-5-7-15(8-6-13)30(28,29)25-11-3-4-19(25)21(27)24-18-10-9-17(22)20(23)16(18)12-14(2)26/h5-10,19H,3-4,11-12H2,1-2H3,(H,24,27)/t19-/m0/s1. The van der Waals surface area contributed by atoms with Gasteiger partial charge in [-0.15, -0.1) is 0 Å². The van der Waals surface area contributed by atoms with Gasteiger partial charge in [-0.25, -0.2) is 17.2 Å². The number of aryl methyl sites for hydroxylation is 1. The Labute approximate surface area is 173 Å². The van der Waals surface area contributed by atoms with Crippen molar-refractivity contribution < 1.29 is 26.8 Å². The van der Waals surface area contributed by atoms with Gasteiger partial charge in [-0.3, -0.25) is 9.59 Å². The fourth-order valence-corrected chi connectivity index (χ4v) is 5.14. The molecule has 1 aliphatic heterocycles. The van der Waals surface area contributed by atoms with Gasteiger partial charge in [-0.2, -0.15) is 4.31 Å². The first kappa shape index (κ1) is 22.0. The largest absolute Gasteiger partial charge is 0.324 e. The molecule has 0 spiro atoms. The molecule has 2 aromatic carbocycles. The van der Waals surface area contributed by atoms with Crippen molar-refractivity contribution >= 4 is 27.4 Å². The van der Waals surface area contributed by atoms with Crippen LogP contribution in [0.25, 0.3) is 0 Å². The normalized spacial score (nSPS) is 17.1. The monoisotopic (exact) mass is 436 g/mol. The second-order valence-electron chi connectivity index (χ2n) is 7.34. The molecule has 6 nitrogen and oxygen atoms in total. The van der Waals surface area contributed by atoms with E-state index in [2.05, 4.69) is 5.32 Å². The molecule has 1 heterocycles. The number of rotatable bonds is 6. The zero-order valence-corrected chi connectivity index (χ0v) is 17.4. The van der Waals surface area contributed by atoms with Crippen LogP contribution in [0, 0.1) is 18.6 Å². The number of carbonyl (C=O) groups excluding carboxylic acids is 2. The van der Waals surface area contributed by atoms with Gasteiger partial charge in [-0.1, -0.05) is 17.7 Å². The molecule has 1 fully saturated rings. The van der Waals surface area contributed by atoms with E-state index in [1.165, 1.54) is 25.1 Å². The van der Waals surface area contributed by atoms with Crippen molar-refractivity contribution in [2.75, 3.05) is 11.9 Å². The average molecular weight is 436 g/mol. The first-order valence-corrected chi connectivity index (χ1v) is 10.9. The van der Waals surface area contributed by atoms with Crippen molar-refractivity contribution in [2.24, 2.45) is 0 Å². The molecule has 3 rings (SSSR count). The molecule has 2 aromatic rings. The summed E-state index contributed by atoms with van der Waals surface area (Å²) in [7, 11) is -3.90. The topological polar surface area (TPSA) is 83.6 Å². The van der Waals surface area contributed by atoms with E-state index < -0.39 is 45.8 Å². The van der Waals surface area contributed by atoms with Gasteiger partial charge in [0.25, 0.3) is 0 Å². The number of nitrogens with zero attached hydrogens (tertiary/aromatic N) is 1. The summed E-state index contributed by atoms with van der Waals surface area (Å²) in [4.78, 5) is 24.4. The van der Waals surface area contributed by atoms with Crippen molar-refractivity contribution in [1.29, 1.82) is 0 Å². The maximum absolute atomic E-state index is 14.2. The predicted octanol–water partition coefficient (Wildman–Crippen LogP) is 3.20. The zero-order chi connectivity index (χ0) is 22.1. The summed E-state index contributed by atoms with van der Waals surface area (Å²) in [5, 5.41) is 2.48. The first-order chi connectivity index (χ1) is 14.1. The van der Waals surface area contributed by atoms with Crippen LogP contribution in [-0.2, 0) is 26.0 Å². The minimum atomic E-state index is -3.90. The Kier molecular flexibility index (Phi) is 6.33. The molecule has 160 valence electrons. The van der Waals surface area contributed by atoms with Crippen LogP contribution in [0.2, 0.25) is 0 Å². The van der Waals surface area contributed by atoms with Crippen molar-refractivity contribution in [3.8, 4) is 0 Å². The van der Waals surface area contributed by atoms with Crippen LogP contribution in [0.3, 0.4) is 0 Å². The molecule has 30 heavy (non-hydrogen) atoms. The van der Waals surface area contributed by atoms with E-state index in [4.69, 9.17) is 0 Å². The molecule has 1 atom stereocenters. The third-order valence-electron chi connectivity index (χ3n) is 5.01. The lowest BCUT2D eigenvalue weighted by Crippen LogP contribution is -2.43. The number of carbonyl (C=O) groups is 2. The Bertz CT molecular complexity index is 1080. The van der Waals surface area contributed by atoms with Crippen LogP contribution >= 0.6 is 0 Å². The number of benzene rings is 2. The number of hydrogen-bond acceptors (Lipinski definition) is 4. The molecular formula is C21H22F2N2O4S. The first-order valence-electron chi connectivity index (χ1n) is 9.47. The Morgan fingerprint density at radius 3 is 2.43 bits per heavy atom. The van der Waals surface area contributed by atoms with E-state index in [0.717, 1.165) is 15.9 Å². The Hall–Kier alpha value is -2.65. The van der Waals surface area contributed by atoms with Gasteiger partial charge >= 0.3 is 0 Å². The second kappa shape index (κ2) is 8.61. The molecule has 9 heteroatoms. The van der Waals surface area contributed by atoms with Crippen LogP contribution < -0.4 is 5.32 Å². The fourth-order valence-electron chi connectivity index (χ4n) is 3.48. The molecule has 0 saturated carbocycles. The highest BCUT2D eigenvalue weighted by molar-refractivity contribution is 7.89. The third kappa shape index (κ3) is 4.41. The van der Waals surface area contributed by atoms with Crippen molar-refractivity contribution in [1.82, 2.24) is 4.31 Å². The summed E-state index contributed by atoms with van der Waals surface area (Å²) in [6.45, 7) is 3.23. The summed E-state index contributed by atoms with van der Waals surface area (Å²) in [5.41, 5.74) is 0.594. The molecule has 1 N–H and O–H groups in total. The number of halogens is 2. The molecule has 0 aromatic heterocycles. The quantitative estimate of drug-likeness (QED) is 0.754. The Morgan fingerprint density at radius 2 is 1.80 bits per heavy atom. The second-order valence-corrected chi connectivity index (χ2v) is 9.23. The van der Waals surface area contributed by atoms with Crippen molar-refractivity contribution in [2.45, 2.75) is 44.0 Å². The van der Waals surface area contributed by atoms with E-state index in [9.17, 15) is 26.8 Å². The van der Waals surface area contributed by atoms with Gasteiger partial charge in [0.1, 0.15) is 11.8 Å². The molecule has 0 unspecified atom stereocenters. The highest BCUT2D eigenvalue weighted by Gasteiger charge is 2.39. The smallest absolute Gasteiger partial charge is 0.243 e. The van der Waals surface area contributed by atoms with E-state index in [-0.39, 0.29) is 22.7 Å². The van der Waals surface area contributed by atoms with Gasteiger partial charge in [0.15, 0.2) is 11.6 Å². The lowest BCUT2D eigenvalue weighted by Gasteiger charge is -2.24.